The van der Waals surface area contributed by atoms with Crippen LogP contribution in [0.1, 0.15) is 26.2 Å². The third kappa shape index (κ3) is 3.02. The molecule has 0 aliphatic carbocycles. The minimum absolute atomic E-state index is 0.00614. The number of likely N-dealkylation sites (tertiary alicyclic amines) is 1. The lowest BCUT2D eigenvalue weighted by Crippen LogP contribution is -2.56. The molecule has 0 saturated carbocycles. The molecule has 19 heavy (non-hydrogen) atoms. The normalized spacial score (nSPS) is 29.6. The zero-order valence-corrected chi connectivity index (χ0v) is 10.9. The fourth-order valence-electron chi connectivity index (χ4n) is 3.04. The number of hydrogen-bond donors (Lipinski definition) is 1. The van der Waals surface area contributed by atoms with Gasteiger partial charge in [-0.2, -0.15) is 13.2 Å². The van der Waals surface area contributed by atoms with Crippen molar-refractivity contribution in [2.75, 3.05) is 19.6 Å². The van der Waals surface area contributed by atoms with Crippen LogP contribution in [0.4, 0.5) is 13.2 Å². The number of fused-ring (bicyclic) bond motifs is 2. The number of carbonyl (C=O) groups excluding carboxylic acids is 1. The quantitative estimate of drug-likeness (QED) is 0.838. The van der Waals surface area contributed by atoms with E-state index in [0.29, 0.717) is 0 Å². The molecule has 3 atom stereocenters. The summed E-state index contributed by atoms with van der Waals surface area (Å²) >= 11 is 0. The van der Waals surface area contributed by atoms with Crippen LogP contribution in [0, 0.1) is 0 Å². The lowest BCUT2D eigenvalue weighted by atomic mass is 10.1. The van der Waals surface area contributed by atoms with Gasteiger partial charge >= 0.3 is 6.18 Å². The van der Waals surface area contributed by atoms with Crippen molar-refractivity contribution < 1.29 is 23.1 Å². The van der Waals surface area contributed by atoms with Crippen LogP contribution < -0.4 is 0 Å². The maximum absolute atomic E-state index is 12.3. The molecule has 3 unspecified atom stereocenters. The second-order valence-electron chi connectivity index (χ2n) is 5.30. The van der Waals surface area contributed by atoms with E-state index in [2.05, 4.69) is 4.90 Å². The van der Waals surface area contributed by atoms with Crippen LogP contribution in [-0.2, 0) is 4.79 Å². The number of piperazine rings is 1. The first-order valence-corrected chi connectivity index (χ1v) is 6.61. The molecule has 0 radical (unpaired) electrons. The highest BCUT2D eigenvalue weighted by molar-refractivity contribution is 5.78. The van der Waals surface area contributed by atoms with E-state index < -0.39 is 24.6 Å². The van der Waals surface area contributed by atoms with Gasteiger partial charge in [0.2, 0.25) is 5.91 Å². The highest BCUT2D eigenvalue weighted by Crippen LogP contribution is 2.32. The number of aliphatic hydroxyl groups excluding tert-OH is 1. The Balaban J connectivity index is 1.98. The largest absolute Gasteiger partial charge is 0.414 e. The summed E-state index contributed by atoms with van der Waals surface area (Å²) < 4.78 is 36.8. The van der Waals surface area contributed by atoms with Crippen LogP contribution in [0.2, 0.25) is 0 Å². The lowest BCUT2D eigenvalue weighted by molar-refractivity contribution is -0.208. The number of carbonyl (C=O) groups is 1. The van der Waals surface area contributed by atoms with Gasteiger partial charge in [0, 0.05) is 25.2 Å². The van der Waals surface area contributed by atoms with E-state index in [1.165, 1.54) is 0 Å². The Bertz CT molecular complexity index is 334. The summed E-state index contributed by atoms with van der Waals surface area (Å²) in [5.41, 5.74) is 0. The van der Waals surface area contributed by atoms with Crippen molar-refractivity contribution in [2.24, 2.45) is 0 Å². The maximum Gasteiger partial charge on any atom is 0.414 e. The molecule has 110 valence electrons. The van der Waals surface area contributed by atoms with Gasteiger partial charge < -0.3 is 10.0 Å². The first-order valence-electron chi connectivity index (χ1n) is 6.61. The fraction of sp³-hybridized carbons (Fsp3) is 0.917. The summed E-state index contributed by atoms with van der Waals surface area (Å²) in [4.78, 5) is 15.7. The predicted molar refractivity (Wildman–Crippen MR) is 62.4 cm³/mol. The SMILES string of the molecule is CCN1CC2CCC(C1)N2C(=O)CC(O)C(F)(F)F. The van der Waals surface area contributed by atoms with E-state index >= 15 is 0 Å². The Kier molecular flexibility index (Phi) is 4.06. The molecule has 2 aliphatic rings. The van der Waals surface area contributed by atoms with E-state index in [1.54, 1.807) is 4.90 Å². The molecular formula is C12H19F3N2O2. The second-order valence-corrected chi connectivity index (χ2v) is 5.30. The van der Waals surface area contributed by atoms with E-state index in [9.17, 15) is 18.0 Å². The zero-order chi connectivity index (χ0) is 14.2. The number of amides is 1. The third-order valence-corrected chi connectivity index (χ3v) is 4.04. The zero-order valence-electron chi connectivity index (χ0n) is 10.9. The summed E-state index contributed by atoms with van der Waals surface area (Å²) in [7, 11) is 0. The van der Waals surface area contributed by atoms with E-state index in [-0.39, 0.29) is 12.1 Å². The molecule has 2 saturated heterocycles. The van der Waals surface area contributed by atoms with Crippen molar-refractivity contribution >= 4 is 5.91 Å². The molecule has 2 aliphatic heterocycles. The number of alkyl halides is 3. The van der Waals surface area contributed by atoms with Crippen molar-refractivity contribution in [3.05, 3.63) is 0 Å². The fourth-order valence-corrected chi connectivity index (χ4v) is 3.04. The van der Waals surface area contributed by atoms with Gasteiger partial charge in [-0.15, -0.1) is 0 Å². The van der Waals surface area contributed by atoms with Gasteiger partial charge in [0.15, 0.2) is 6.10 Å². The minimum Gasteiger partial charge on any atom is -0.383 e. The molecular weight excluding hydrogens is 261 g/mol. The van der Waals surface area contributed by atoms with E-state index in [4.69, 9.17) is 5.11 Å². The molecule has 7 heteroatoms. The summed E-state index contributed by atoms with van der Waals surface area (Å²) in [5, 5.41) is 8.99. The van der Waals surface area contributed by atoms with Crippen LogP contribution in [-0.4, -0.2) is 64.8 Å². The maximum atomic E-state index is 12.3. The summed E-state index contributed by atoms with van der Waals surface area (Å²) in [5.74, 6) is -0.576. The minimum atomic E-state index is -4.72. The average Bonchev–Trinajstić information content (AvgIpc) is 2.59. The van der Waals surface area contributed by atoms with E-state index in [1.807, 2.05) is 6.92 Å². The third-order valence-electron chi connectivity index (χ3n) is 4.04. The molecule has 2 rings (SSSR count). The van der Waals surface area contributed by atoms with Crippen molar-refractivity contribution in [3.8, 4) is 0 Å². The van der Waals surface area contributed by atoms with Gasteiger partial charge in [-0.25, -0.2) is 0 Å². The Morgan fingerprint density at radius 2 is 1.84 bits per heavy atom. The van der Waals surface area contributed by atoms with Crippen LogP contribution in [0.25, 0.3) is 0 Å². The molecule has 0 spiro atoms. The Morgan fingerprint density at radius 3 is 2.26 bits per heavy atom. The van der Waals surface area contributed by atoms with Gasteiger partial charge in [-0.3, -0.25) is 9.69 Å². The van der Waals surface area contributed by atoms with Gasteiger partial charge in [0.05, 0.1) is 6.42 Å². The van der Waals surface area contributed by atoms with Gasteiger partial charge in [-0.1, -0.05) is 6.92 Å². The van der Waals surface area contributed by atoms with Crippen molar-refractivity contribution in [1.29, 1.82) is 0 Å². The van der Waals surface area contributed by atoms with Crippen LogP contribution in [0.3, 0.4) is 0 Å². The Hall–Kier alpha value is -0.820. The van der Waals surface area contributed by atoms with Gasteiger partial charge in [0.25, 0.3) is 0 Å². The molecule has 1 N–H and O–H groups in total. The number of nitrogens with zero attached hydrogens (tertiary/aromatic N) is 2. The molecule has 0 aromatic carbocycles. The number of hydrogen-bond acceptors (Lipinski definition) is 3. The van der Waals surface area contributed by atoms with Crippen LogP contribution >= 0.6 is 0 Å². The second kappa shape index (κ2) is 5.28. The molecule has 2 bridgehead atoms. The smallest absolute Gasteiger partial charge is 0.383 e. The summed E-state index contributed by atoms with van der Waals surface area (Å²) in [6.07, 6.45) is -6.45. The summed E-state index contributed by atoms with van der Waals surface area (Å²) in [6.45, 7) is 4.37. The molecule has 0 aromatic heterocycles. The standard InChI is InChI=1S/C12H19F3N2O2/c1-2-16-6-8-3-4-9(7-16)17(8)11(19)5-10(18)12(13,14)15/h8-10,18H,2-7H2,1H3. The van der Waals surface area contributed by atoms with Crippen LogP contribution in [0.5, 0.6) is 0 Å². The predicted octanol–water partition coefficient (Wildman–Crippen LogP) is 0.995. The molecule has 2 fully saturated rings. The summed E-state index contributed by atoms with van der Waals surface area (Å²) in [6, 6.07) is 0.0123. The topological polar surface area (TPSA) is 43.8 Å². The Labute approximate surface area is 110 Å². The van der Waals surface area contributed by atoms with Gasteiger partial charge in [0.1, 0.15) is 0 Å². The number of aliphatic hydroxyl groups is 1. The number of halogens is 3. The van der Waals surface area contributed by atoms with Crippen molar-refractivity contribution in [1.82, 2.24) is 9.80 Å². The average molecular weight is 280 g/mol. The number of likely N-dealkylation sites (N-methyl/N-ethyl adjacent to an activating group) is 1. The lowest BCUT2D eigenvalue weighted by Gasteiger charge is -2.41. The van der Waals surface area contributed by atoms with Crippen molar-refractivity contribution in [2.45, 2.75) is 50.6 Å². The molecule has 0 aromatic rings. The van der Waals surface area contributed by atoms with Crippen LogP contribution in [0.15, 0.2) is 0 Å². The number of rotatable bonds is 3. The van der Waals surface area contributed by atoms with Crippen molar-refractivity contribution in [3.63, 3.8) is 0 Å². The van der Waals surface area contributed by atoms with E-state index in [0.717, 1.165) is 32.5 Å². The molecule has 4 nitrogen and oxygen atoms in total. The first kappa shape index (κ1) is 14.6. The van der Waals surface area contributed by atoms with Gasteiger partial charge in [-0.05, 0) is 19.4 Å². The molecule has 1 amide bonds. The molecule has 2 heterocycles. The monoisotopic (exact) mass is 280 g/mol. The first-order chi connectivity index (χ1) is 8.82. The highest BCUT2D eigenvalue weighted by atomic mass is 19.4. The Morgan fingerprint density at radius 1 is 1.32 bits per heavy atom. The highest BCUT2D eigenvalue weighted by Gasteiger charge is 2.45.